The zero-order valence-corrected chi connectivity index (χ0v) is 17.6. The maximum atomic E-state index is 14.7. The lowest BCUT2D eigenvalue weighted by atomic mass is 10.1. The van der Waals surface area contributed by atoms with Gasteiger partial charge in [0, 0.05) is 47.2 Å². The van der Waals surface area contributed by atoms with Gasteiger partial charge in [-0.25, -0.2) is 9.37 Å². The van der Waals surface area contributed by atoms with Crippen molar-refractivity contribution >= 4 is 39.5 Å². The largest absolute Gasteiger partial charge is 0.366 e. The van der Waals surface area contributed by atoms with Crippen molar-refractivity contribution in [1.29, 1.82) is 0 Å². The molecule has 1 saturated heterocycles. The Morgan fingerprint density at radius 3 is 3.00 bits per heavy atom. The normalized spacial score (nSPS) is 16.6. The fraction of sp³-hybridized carbons (Fsp3) is 0.217. The molecule has 1 aliphatic rings. The predicted molar refractivity (Wildman–Crippen MR) is 123 cm³/mol. The molecule has 2 aromatic carbocycles. The van der Waals surface area contributed by atoms with Crippen LogP contribution in [0.4, 0.5) is 15.8 Å². The fourth-order valence-electron chi connectivity index (χ4n) is 4.09. The molecule has 3 heterocycles. The highest BCUT2D eigenvalue weighted by Gasteiger charge is 2.24. The van der Waals surface area contributed by atoms with E-state index in [1.165, 1.54) is 17.4 Å². The van der Waals surface area contributed by atoms with E-state index < -0.39 is 0 Å². The van der Waals surface area contributed by atoms with Crippen molar-refractivity contribution in [2.75, 3.05) is 23.3 Å². The van der Waals surface area contributed by atoms with Gasteiger partial charge in [-0.2, -0.15) is 0 Å². The lowest BCUT2D eigenvalue weighted by Gasteiger charge is -2.34. The number of nitrogens with two attached hydrogens (primary N) is 1. The van der Waals surface area contributed by atoms with Gasteiger partial charge in [0.15, 0.2) is 0 Å². The summed E-state index contributed by atoms with van der Waals surface area (Å²) in [5, 5.41) is 6.38. The molecule has 6 nitrogen and oxygen atoms in total. The highest BCUT2D eigenvalue weighted by atomic mass is 32.1. The maximum Gasteiger partial charge on any atom is 0.275 e. The summed E-state index contributed by atoms with van der Waals surface area (Å²) >= 11 is 1.40. The van der Waals surface area contributed by atoms with Crippen molar-refractivity contribution in [3.05, 3.63) is 65.6 Å². The molecule has 1 amide bonds. The SMILES string of the molecule is N[C@@H]1CCCN(c2c(F)cccc2NC(=O)c2csc(-c3c[nH]c4ccccc34)n2)C1. The summed E-state index contributed by atoms with van der Waals surface area (Å²) in [4.78, 5) is 22.6. The van der Waals surface area contributed by atoms with Gasteiger partial charge < -0.3 is 20.9 Å². The van der Waals surface area contributed by atoms with Crippen LogP contribution in [0.1, 0.15) is 23.3 Å². The van der Waals surface area contributed by atoms with E-state index in [0.717, 1.165) is 34.3 Å². The predicted octanol–water partition coefficient (Wildman–Crippen LogP) is 4.61. The molecule has 0 bridgehead atoms. The molecule has 5 rings (SSSR count). The first-order chi connectivity index (χ1) is 15.1. The molecule has 1 atom stereocenters. The van der Waals surface area contributed by atoms with Crippen molar-refractivity contribution in [1.82, 2.24) is 9.97 Å². The van der Waals surface area contributed by atoms with Gasteiger partial charge in [0.05, 0.1) is 11.4 Å². The summed E-state index contributed by atoms with van der Waals surface area (Å²) in [6.45, 7) is 1.27. The highest BCUT2D eigenvalue weighted by molar-refractivity contribution is 7.13. The third-order valence-electron chi connectivity index (χ3n) is 5.57. The van der Waals surface area contributed by atoms with Crippen molar-refractivity contribution in [2.24, 2.45) is 5.73 Å². The van der Waals surface area contributed by atoms with E-state index in [0.29, 0.717) is 30.2 Å². The Morgan fingerprint density at radius 1 is 1.26 bits per heavy atom. The molecule has 31 heavy (non-hydrogen) atoms. The van der Waals surface area contributed by atoms with E-state index in [9.17, 15) is 9.18 Å². The topological polar surface area (TPSA) is 87.0 Å². The summed E-state index contributed by atoms with van der Waals surface area (Å²) in [6, 6.07) is 12.7. The first kappa shape index (κ1) is 19.7. The van der Waals surface area contributed by atoms with Gasteiger partial charge >= 0.3 is 0 Å². The molecule has 158 valence electrons. The van der Waals surface area contributed by atoms with Crippen LogP contribution in [0.15, 0.2) is 54.0 Å². The maximum absolute atomic E-state index is 14.7. The number of hydrogen-bond donors (Lipinski definition) is 3. The highest BCUT2D eigenvalue weighted by Crippen LogP contribution is 2.33. The Labute approximate surface area is 182 Å². The van der Waals surface area contributed by atoms with E-state index >= 15 is 0 Å². The standard InChI is InChI=1S/C23H22FN5OS/c24-17-7-3-9-19(21(17)29-10-4-5-14(25)12-29)27-22(30)20-13-31-23(28-20)16-11-26-18-8-2-1-6-15(16)18/h1-3,6-9,11,13-14,26H,4-5,10,12,25H2,(H,27,30)/t14-/m1/s1. The van der Waals surface area contributed by atoms with Gasteiger partial charge in [-0.05, 0) is 31.0 Å². The van der Waals surface area contributed by atoms with Gasteiger partial charge in [0.25, 0.3) is 5.91 Å². The molecule has 0 aliphatic carbocycles. The number of benzene rings is 2. The summed E-state index contributed by atoms with van der Waals surface area (Å²) < 4.78 is 14.7. The summed E-state index contributed by atoms with van der Waals surface area (Å²) in [6.07, 6.45) is 3.71. The van der Waals surface area contributed by atoms with Gasteiger partial charge in [-0.1, -0.05) is 24.3 Å². The molecular formula is C23H22FN5OS. The van der Waals surface area contributed by atoms with Crippen LogP contribution in [-0.2, 0) is 0 Å². The molecule has 1 fully saturated rings. The molecule has 4 aromatic rings. The number of nitrogens with zero attached hydrogens (tertiary/aromatic N) is 2. The number of carbonyl (C=O) groups excluding carboxylic acids is 1. The molecule has 8 heteroatoms. The average molecular weight is 436 g/mol. The second-order valence-electron chi connectivity index (χ2n) is 7.72. The van der Waals surface area contributed by atoms with Crippen LogP contribution >= 0.6 is 11.3 Å². The number of fused-ring (bicyclic) bond motifs is 1. The number of amides is 1. The Morgan fingerprint density at radius 2 is 2.13 bits per heavy atom. The molecule has 0 saturated carbocycles. The quantitative estimate of drug-likeness (QED) is 0.437. The molecule has 2 aromatic heterocycles. The van der Waals surface area contributed by atoms with Gasteiger partial charge in [0.2, 0.25) is 0 Å². The third-order valence-corrected chi connectivity index (χ3v) is 6.44. The minimum absolute atomic E-state index is 0.00539. The third kappa shape index (κ3) is 3.80. The molecule has 0 spiro atoms. The number of para-hydroxylation sites is 2. The molecule has 0 radical (unpaired) electrons. The van der Waals surface area contributed by atoms with Crippen molar-refractivity contribution < 1.29 is 9.18 Å². The number of aromatic amines is 1. The molecule has 1 aliphatic heterocycles. The average Bonchev–Trinajstić information content (AvgIpc) is 3.41. The van der Waals surface area contributed by atoms with Gasteiger partial charge in [-0.15, -0.1) is 11.3 Å². The summed E-state index contributed by atoms with van der Waals surface area (Å²) in [7, 11) is 0. The van der Waals surface area contributed by atoms with Crippen molar-refractivity contribution in [3.63, 3.8) is 0 Å². The van der Waals surface area contributed by atoms with Crippen molar-refractivity contribution in [2.45, 2.75) is 18.9 Å². The van der Waals surface area contributed by atoms with Crippen LogP contribution in [0.5, 0.6) is 0 Å². The zero-order valence-electron chi connectivity index (χ0n) is 16.8. The van der Waals surface area contributed by atoms with E-state index in [2.05, 4.69) is 15.3 Å². The first-order valence-electron chi connectivity index (χ1n) is 10.2. The number of nitrogens with one attached hydrogen (secondary N) is 2. The van der Waals surface area contributed by atoms with Gasteiger partial charge in [0.1, 0.15) is 16.5 Å². The number of halogens is 1. The van der Waals surface area contributed by atoms with E-state index in [1.54, 1.807) is 17.5 Å². The molecule has 0 unspecified atom stereocenters. The number of piperidine rings is 1. The summed E-state index contributed by atoms with van der Waals surface area (Å²) in [5.74, 6) is -0.736. The second kappa shape index (κ2) is 8.13. The van der Waals surface area contributed by atoms with Gasteiger partial charge in [-0.3, -0.25) is 4.79 Å². The molecule has 4 N–H and O–H groups in total. The Hall–Kier alpha value is -3.23. The number of carbonyl (C=O) groups is 1. The minimum Gasteiger partial charge on any atom is -0.366 e. The van der Waals surface area contributed by atoms with E-state index in [1.807, 2.05) is 35.4 Å². The lowest BCUT2D eigenvalue weighted by Crippen LogP contribution is -2.43. The molecular weight excluding hydrogens is 413 g/mol. The van der Waals surface area contributed by atoms with Crippen LogP contribution in [0.3, 0.4) is 0 Å². The first-order valence-corrected chi connectivity index (χ1v) is 11.1. The Kier molecular flexibility index (Phi) is 5.17. The number of anilines is 2. The smallest absolute Gasteiger partial charge is 0.275 e. The lowest BCUT2D eigenvalue weighted by molar-refractivity contribution is 0.102. The van der Waals surface area contributed by atoms with Crippen molar-refractivity contribution in [3.8, 4) is 10.6 Å². The number of H-pyrrole nitrogens is 1. The Balaban J connectivity index is 1.41. The number of thiazole rings is 1. The van der Waals surface area contributed by atoms with Crippen LogP contribution in [-0.4, -0.2) is 35.0 Å². The monoisotopic (exact) mass is 435 g/mol. The van der Waals surface area contributed by atoms with Crippen LogP contribution in [0, 0.1) is 5.82 Å². The minimum atomic E-state index is -0.371. The van der Waals surface area contributed by atoms with Crippen LogP contribution in [0.2, 0.25) is 0 Å². The number of aromatic nitrogens is 2. The number of rotatable bonds is 4. The van der Waals surface area contributed by atoms with Crippen LogP contribution in [0.25, 0.3) is 21.5 Å². The zero-order chi connectivity index (χ0) is 21.4. The second-order valence-corrected chi connectivity index (χ2v) is 8.58. The van der Waals surface area contributed by atoms with Crippen LogP contribution < -0.4 is 16.0 Å². The van der Waals surface area contributed by atoms with E-state index in [4.69, 9.17) is 5.73 Å². The number of hydrogen-bond acceptors (Lipinski definition) is 5. The summed E-state index contributed by atoms with van der Waals surface area (Å²) in [5.41, 5.74) is 9.17. The Bertz CT molecular complexity index is 1250. The fourth-order valence-corrected chi connectivity index (χ4v) is 4.92. The van der Waals surface area contributed by atoms with E-state index in [-0.39, 0.29) is 17.8 Å².